The van der Waals surface area contributed by atoms with Gasteiger partial charge < -0.3 is 9.30 Å². The van der Waals surface area contributed by atoms with Gasteiger partial charge in [-0.3, -0.25) is 4.79 Å². The number of aromatic nitrogens is 3. The minimum Gasteiger partial charge on any atom is -0.494 e. The fourth-order valence-corrected chi connectivity index (χ4v) is 3.41. The van der Waals surface area contributed by atoms with Crippen molar-refractivity contribution >= 4 is 17.5 Å². The average Bonchev–Trinajstić information content (AvgIpc) is 3.01. The van der Waals surface area contributed by atoms with E-state index in [1.807, 2.05) is 48.7 Å². The molecule has 0 aliphatic rings. The van der Waals surface area contributed by atoms with Gasteiger partial charge in [-0.25, -0.2) is 0 Å². The minimum atomic E-state index is 0.0602. The number of Topliss-reactive ketones (excluding diaryl/α,β-unsaturated/α-hetero) is 1. The second kappa shape index (κ2) is 8.67. The summed E-state index contributed by atoms with van der Waals surface area (Å²) in [4.78, 5) is 12.4. The zero-order valence-corrected chi connectivity index (χ0v) is 15.7. The van der Waals surface area contributed by atoms with E-state index in [0.717, 1.165) is 16.7 Å². The van der Waals surface area contributed by atoms with Crippen LogP contribution in [-0.4, -0.2) is 32.9 Å². The highest BCUT2D eigenvalue weighted by Crippen LogP contribution is 2.21. The summed E-state index contributed by atoms with van der Waals surface area (Å²) in [6, 6.07) is 17.4. The number of rotatable bonds is 8. The maximum Gasteiger partial charge on any atom is 0.191 e. The first-order chi connectivity index (χ1) is 12.7. The Hall–Kier alpha value is -2.60. The third-order valence-electron chi connectivity index (χ3n) is 3.90. The van der Waals surface area contributed by atoms with Gasteiger partial charge in [0.05, 0.1) is 18.9 Å². The lowest BCUT2D eigenvalue weighted by atomic mass is 10.1. The number of nitrogens with zero attached hydrogens (tertiary/aromatic N) is 3. The van der Waals surface area contributed by atoms with Gasteiger partial charge in [-0.1, -0.05) is 42.1 Å². The predicted molar refractivity (Wildman–Crippen MR) is 103 cm³/mol. The second-order valence-corrected chi connectivity index (χ2v) is 6.71. The number of hydrogen-bond acceptors (Lipinski definition) is 5. The Balaban J connectivity index is 1.65. The fourth-order valence-electron chi connectivity index (χ4n) is 2.53. The summed E-state index contributed by atoms with van der Waals surface area (Å²) >= 11 is 1.41. The maximum absolute atomic E-state index is 12.4. The van der Waals surface area contributed by atoms with Gasteiger partial charge in [0.1, 0.15) is 11.6 Å². The van der Waals surface area contributed by atoms with E-state index in [1.54, 1.807) is 12.1 Å². The molecule has 1 heterocycles. The van der Waals surface area contributed by atoms with Crippen LogP contribution >= 0.6 is 11.8 Å². The van der Waals surface area contributed by atoms with Gasteiger partial charge in [0.15, 0.2) is 10.9 Å². The Kier molecular flexibility index (Phi) is 6.07. The highest BCUT2D eigenvalue weighted by Gasteiger charge is 2.13. The molecule has 0 fully saturated rings. The quantitative estimate of drug-likeness (QED) is 0.445. The third kappa shape index (κ3) is 4.52. The highest BCUT2D eigenvalue weighted by atomic mass is 32.2. The van der Waals surface area contributed by atoms with Crippen LogP contribution in [0.25, 0.3) is 0 Å². The van der Waals surface area contributed by atoms with E-state index in [9.17, 15) is 4.79 Å². The van der Waals surface area contributed by atoms with Gasteiger partial charge in [-0.15, -0.1) is 10.2 Å². The molecule has 0 aliphatic heterocycles. The molecule has 0 radical (unpaired) electrons. The monoisotopic (exact) mass is 367 g/mol. The first-order valence-electron chi connectivity index (χ1n) is 8.50. The van der Waals surface area contributed by atoms with E-state index in [2.05, 4.69) is 22.3 Å². The first kappa shape index (κ1) is 18.2. The number of thioether (sulfide) groups is 1. The van der Waals surface area contributed by atoms with Crippen molar-refractivity contribution in [2.45, 2.75) is 25.5 Å². The standard InChI is InChI=1S/C20H21N3O2S/c1-3-25-18-11-9-17(10-12-18)19(24)14-26-20-22-21-15(2)23(20)13-16-7-5-4-6-8-16/h4-12H,3,13-14H2,1-2H3. The van der Waals surface area contributed by atoms with Gasteiger partial charge in [0, 0.05) is 5.56 Å². The summed E-state index contributed by atoms with van der Waals surface area (Å²) in [5.74, 6) is 1.99. The van der Waals surface area contributed by atoms with Crippen LogP contribution in [-0.2, 0) is 6.54 Å². The zero-order valence-electron chi connectivity index (χ0n) is 14.9. The molecule has 3 rings (SSSR count). The van der Waals surface area contributed by atoms with Crippen LogP contribution in [0.2, 0.25) is 0 Å². The number of hydrogen-bond donors (Lipinski definition) is 0. The lowest BCUT2D eigenvalue weighted by Crippen LogP contribution is -2.07. The second-order valence-electron chi connectivity index (χ2n) is 5.77. The lowest BCUT2D eigenvalue weighted by molar-refractivity contribution is 0.102. The van der Waals surface area contributed by atoms with Gasteiger partial charge in [-0.05, 0) is 43.7 Å². The lowest BCUT2D eigenvalue weighted by Gasteiger charge is -2.08. The summed E-state index contributed by atoms with van der Waals surface area (Å²) in [6.45, 7) is 5.16. The molecule has 6 heteroatoms. The van der Waals surface area contributed by atoms with Crippen LogP contribution in [0.3, 0.4) is 0 Å². The molecule has 5 nitrogen and oxygen atoms in total. The number of carbonyl (C=O) groups is 1. The van der Waals surface area contributed by atoms with Crippen molar-refractivity contribution in [3.63, 3.8) is 0 Å². The molecule has 26 heavy (non-hydrogen) atoms. The molecule has 0 N–H and O–H groups in total. The molecule has 0 spiro atoms. The van der Waals surface area contributed by atoms with E-state index >= 15 is 0 Å². The molecular weight excluding hydrogens is 346 g/mol. The van der Waals surface area contributed by atoms with Crippen LogP contribution in [0.15, 0.2) is 59.8 Å². The molecule has 0 saturated carbocycles. The van der Waals surface area contributed by atoms with Gasteiger partial charge in [-0.2, -0.15) is 0 Å². The smallest absolute Gasteiger partial charge is 0.191 e. The fraction of sp³-hybridized carbons (Fsp3) is 0.250. The molecule has 134 valence electrons. The molecule has 3 aromatic rings. The van der Waals surface area contributed by atoms with Crippen molar-refractivity contribution in [3.8, 4) is 5.75 Å². The molecule has 0 atom stereocenters. The molecular formula is C20H21N3O2S. The molecule has 2 aromatic carbocycles. The number of carbonyl (C=O) groups excluding carboxylic acids is 1. The SMILES string of the molecule is CCOc1ccc(C(=O)CSc2nnc(C)n2Cc2ccccc2)cc1. The van der Waals surface area contributed by atoms with E-state index in [1.165, 1.54) is 17.3 Å². The first-order valence-corrected chi connectivity index (χ1v) is 9.48. The Bertz CT molecular complexity index is 861. The molecule has 0 aliphatic carbocycles. The largest absolute Gasteiger partial charge is 0.494 e. The molecule has 0 saturated heterocycles. The zero-order chi connectivity index (χ0) is 18.4. The van der Waals surface area contributed by atoms with Gasteiger partial charge >= 0.3 is 0 Å². The summed E-state index contributed by atoms with van der Waals surface area (Å²) < 4.78 is 7.44. The third-order valence-corrected chi connectivity index (χ3v) is 4.87. The number of ketones is 1. The van der Waals surface area contributed by atoms with E-state index in [4.69, 9.17) is 4.74 Å². The highest BCUT2D eigenvalue weighted by molar-refractivity contribution is 7.99. The summed E-state index contributed by atoms with van der Waals surface area (Å²) in [5.41, 5.74) is 1.85. The van der Waals surface area contributed by atoms with Crippen LogP contribution in [0.1, 0.15) is 28.7 Å². The van der Waals surface area contributed by atoms with Crippen LogP contribution in [0, 0.1) is 6.92 Å². The Morgan fingerprint density at radius 2 is 1.81 bits per heavy atom. The Labute approximate surface area is 157 Å². The van der Waals surface area contributed by atoms with Crippen molar-refractivity contribution in [3.05, 3.63) is 71.5 Å². The van der Waals surface area contributed by atoms with Crippen molar-refractivity contribution in [1.29, 1.82) is 0 Å². The van der Waals surface area contributed by atoms with Crippen LogP contribution < -0.4 is 4.74 Å². The van der Waals surface area contributed by atoms with Crippen molar-refractivity contribution in [1.82, 2.24) is 14.8 Å². The molecule has 0 unspecified atom stereocenters. The van der Waals surface area contributed by atoms with Crippen molar-refractivity contribution in [2.24, 2.45) is 0 Å². The molecule has 0 amide bonds. The van der Waals surface area contributed by atoms with Crippen molar-refractivity contribution in [2.75, 3.05) is 12.4 Å². The summed E-state index contributed by atoms with van der Waals surface area (Å²) in [7, 11) is 0. The Morgan fingerprint density at radius 1 is 1.08 bits per heavy atom. The number of benzene rings is 2. The summed E-state index contributed by atoms with van der Waals surface area (Å²) in [6.07, 6.45) is 0. The minimum absolute atomic E-state index is 0.0602. The average molecular weight is 367 g/mol. The normalized spacial score (nSPS) is 10.7. The van der Waals surface area contributed by atoms with Crippen LogP contribution in [0.4, 0.5) is 0 Å². The predicted octanol–water partition coefficient (Wildman–Crippen LogP) is 4.01. The topological polar surface area (TPSA) is 57.0 Å². The molecule has 0 bridgehead atoms. The number of ether oxygens (including phenoxy) is 1. The van der Waals surface area contributed by atoms with E-state index in [0.29, 0.717) is 24.5 Å². The van der Waals surface area contributed by atoms with Crippen molar-refractivity contribution < 1.29 is 9.53 Å². The summed E-state index contributed by atoms with van der Waals surface area (Å²) in [5, 5.41) is 9.13. The van der Waals surface area contributed by atoms with E-state index < -0.39 is 0 Å². The van der Waals surface area contributed by atoms with Crippen LogP contribution in [0.5, 0.6) is 5.75 Å². The maximum atomic E-state index is 12.4. The van der Waals surface area contributed by atoms with E-state index in [-0.39, 0.29) is 5.78 Å². The Morgan fingerprint density at radius 3 is 2.50 bits per heavy atom. The number of aryl methyl sites for hydroxylation is 1. The molecule has 1 aromatic heterocycles. The van der Waals surface area contributed by atoms with Gasteiger partial charge in [0.25, 0.3) is 0 Å². The van der Waals surface area contributed by atoms with Gasteiger partial charge in [0.2, 0.25) is 0 Å².